The lowest BCUT2D eigenvalue weighted by atomic mass is 10.2. The average Bonchev–Trinajstić information content (AvgIpc) is 3.13. The molecule has 25 heavy (non-hydrogen) atoms. The summed E-state index contributed by atoms with van der Waals surface area (Å²) >= 11 is 0. The Bertz CT molecular complexity index is 628. The smallest absolute Gasteiger partial charge is 0.222 e. The van der Waals surface area contributed by atoms with Gasteiger partial charge in [-0.2, -0.15) is 0 Å². The summed E-state index contributed by atoms with van der Waals surface area (Å²) in [5.41, 5.74) is 1.10. The van der Waals surface area contributed by atoms with Crippen molar-refractivity contribution in [2.24, 2.45) is 4.99 Å². The topological polar surface area (TPSA) is 70.4 Å². The predicted octanol–water partition coefficient (Wildman–Crippen LogP) is 1.98. The van der Waals surface area contributed by atoms with Crippen LogP contribution in [0.25, 0.3) is 0 Å². The van der Waals surface area contributed by atoms with Crippen LogP contribution in [0.3, 0.4) is 0 Å². The lowest BCUT2D eigenvalue weighted by Crippen LogP contribution is -2.40. The summed E-state index contributed by atoms with van der Waals surface area (Å²) in [7, 11) is 1.72. The quantitative estimate of drug-likeness (QED) is 0.324. The molecule has 0 spiro atoms. The summed E-state index contributed by atoms with van der Waals surface area (Å²) in [4.78, 5) is 16.0. The predicted molar refractivity (Wildman–Crippen MR) is 112 cm³/mol. The van der Waals surface area contributed by atoms with E-state index in [0.717, 1.165) is 18.7 Å². The van der Waals surface area contributed by atoms with Crippen LogP contribution in [0.4, 0.5) is 0 Å². The second-order valence-corrected chi connectivity index (χ2v) is 5.36. The molecule has 0 aliphatic carbocycles. The number of guanidine groups is 1. The van der Waals surface area contributed by atoms with E-state index in [4.69, 9.17) is 0 Å². The summed E-state index contributed by atoms with van der Waals surface area (Å²) in [5, 5.41) is 9.28. The van der Waals surface area contributed by atoms with Crippen LogP contribution in [0.15, 0.2) is 59.9 Å². The number of carbonyl (C=O) groups is 1. The van der Waals surface area contributed by atoms with Gasteiger partial charge >= 0.3 is 0 Å². The highest BCUT2D eigenvalue weighted by molar-refractivity contribution is 14.0. The van der Waals surface area contributed by atoms with Crippen LogP contribution in [-0.4, -0.2) is 36.6 Å². The first-order valence-electron chi connectivity index (χ1n) is 8.14. The number of carbonyl (C=O) groups excluding carboxylic acids is 1. The van der Waals surface area contributed by atoms with E-state index >= 15 is 0 Å². The molecule has 2 rings (SSSR count). The van der Waals surface area contributed by atoms with Gasteiger partial charge in [-0.25, -0.2) is 0 Å². The molecule has 1 heterocycles. The van der Waals surface area contributed by atoms with Gasteiger partial charge in [-0.3, -0.25) is 9.79 Å². The van der Waals surface area contributed by atoms with Crippen LogP contribution in [0.2, 0.25) is 0 Å². The number of hydrogen-bond acceptors (Lipinski definition) is 2. The normalized spacial score (nSPS) is 10.7. The zero-order valence-corrected chi connectivity index (χ0v) is 16.8. The zero-order valence-electron chi connectivity index (χ0n) is 14.4. The lowest BCUT2D eigenvalue weighted by molar-refractivity contribution is -0.121. The monoisotopic (exact) mass is 455 g/mol. The highest BCUT2D eigenvalue weighted by Gasteiger charge is 2.02. The van der Waals surface area contributed by atoms with Crippen molar-refractivity contribution in [3.05, 3.63) is 60.4 Å². The molecule has 0 saturated heterocycles. The molecule has 7 heteroatoms. The van der Waals surface area contributed by atoms with Gasteiger partial charge in [0.15, 0.2) is 5.96 Å². The average molecular weight is 455 g/mol. The number of benzene rings is 1. The van der Waals surface area contributed by atoms with E-state index in [2.05, 4.69) is 25.5 Å². The zero-order chi connectivity index (χ0) is 17.0. The molecule has 0 atom stereocenters. The first kappa shape index (κ1) is 21.0. The third-order valence-electron chi connectivity index (χ3n) is 3.53. The molecule has 3 N–H and O–H groups in total. The SMILES string of the molecule is CN=C(NCCC(=O)NCc1ccccc1)NCCn1cccc1.I. The van der Waals surface area contributed by atoms with Gasteiger partial charge in [-0.1, -0.05) is 30.3 Å². The van der Waals surface area contributed by atoms with Crippen LogP contribution in [-0.2, 0) is 17.9 Å². The van der Waals surface area contributed by atoms with Crippen LogP contribution in [0, 0.1) is 0 Å². The Labute approximate surface area is 166 Å². The molecule has 0 fully saturated rings. The molecule has 0 aliphatic rings. The maximum atomic E-state index is 11.8. The van der Waals surface area contributed by atoms with E-state index < -0.39 is 0 Å². The van der Waals surface area contributed by atoms with Crippen molar-refractivity contribution in [1.29, 1.82) is 0 Å². The first-order chi connectivity index (χ1) is 11.8. The number of nitrogens with one attached hydrogen (secondary N) is 3. The fourth-order valence-corrected chi connectivity index (χ4v) is 2.22. The molecule has 136 valence electrons. The van der Waals surface area contributed by atoms with E-state index in [0.29, 0.717) is 25.5 Å². The second-order valence-electron chi connectivity index (χ2n) is 5.36. The first-order valence-corrected chi connectivity index (χ1v) is 8.14. The Morgan fingerprint density at radius 3 is 2.36 bits per heavy atom. The number of rotatable bonds is 8. The van der Waals surface area contributed by atoms with Gasteiger partial charge in [0.2, 0.25) is 5.91 Å². The maximum absolute atomic E-state index is 11.8. The Balaban J connectivity index is 0.00000312. The van der Waals surface area contributed by atoms with Crippen molar-refractivity contribution in [1.82, 2.24) is 20.5 Å². The lowest BCUT2D eigenvalue weighted by Gasteiger charge is -2.12. The number of nitrogens with zero attached hydrogens (tertiary/aromatic N) is 2. The van der Waals surface area contributed by atoms with E-state index in [1.165, 1.54) is 0 Å². The van der Waals surface area contributed by atoms with Crippen molar-refractivity contribution in [3.8, 4) is 0 Å². The largest absolute Gasteiger partial charge is 0.356 e. The molecule has 0 bridgehead atoms. The van der Waals surface area contributed by atoms with Crippen LogP contribution >= 0.6 is 24.0 Å². The molecule has 2 aromatic rings. The van der Waals surface area contributed by atoms with Gasteiger partial charge in [0, 0.05) is 52.0 Å². The second kappa shape index (κ2) is 12.3. The summed E-state index contributed by atoms with van der Waals surface area (Å²) in [6, 6.07) is 13.9. The summed E-state index contributed by atoms with van der Waals surface area (Å²) < 4.78 is 2.09. The van der Waals surface area contributed by atoms with Crippen LogP contribution < -0.4 is 16.0 Å². The van der Waals surface area contributed by atoms with Gasteiger partial charge in [-0.15, -0.1) is 24.0 Å². The maximum Gasteiger partial charge on any atom is 0.222 e. The number of halogens is 1. The van der Waals surface area contributed by atoms with E-state index in [9.17, 15) is 4.79 Å². The van der Waals surface area contributed by atoms with E-state index in [-0.39, 0.29) is 29.9 Å². The van der Waals surface area contributed by atoms with Crippen molar-refractivity contribution >= 4 is 35.8 Å². The minimum atomic E-state index is 0. The van der Waals surface area contributed by atoms with E-state index in [1.54, 1.807) is 7.05 Å². The van der Waals surface area contributed by atoms with Gasteiger partial charge in [0.1, 0.15) is 0 Å². The fraction of sp³-hybridized carbons (Fsp3) is 0.333. The standard InChI is InChI=1S/C18H25N5O.HI/c1-19-18(21-11-14-23-12-5-6-13-23)20-10-9-17(24)22-15-16-7-3-2-4-8-16;/h2-8,12-13H,9-11,14-15H2,1H3,(H,22,24)(H2,19,20,21);1H. The van der Waals surface area contributed by atoms with Crippen molar-refractivity contribution in [3.63, 3.8) is 0 Å². The highest BCUT2D eigenvalue weighted by atomic mass is 127. The Morgan fingerprint density at radius 2 is 1.68 bits per heavy atom. The van der Waals surface area contributed by atoms with Crippen LogP contribution in [0.1, 0.15) is 12.0 Å². The third-order valence-corrected chi connectivity index (χ3v) is 3.53. The Kier molecular flexibility index (Phi) is 10.4. The minimum absolute atomic E-state index is 0. The fourth-order valence-electron chi connectivity index (χ4n) is 2.22. The molecular formula is C18H26IN5O. The third kappa shape index (κ3) is 8.57. The summed E-state index contributed by atoms with van der Waals surface area (Å²) in [6.07, 6.45) is 4.45. The van der Waals surface area contributed by atoms with Gasteiger partial charge in [0.05, 0.1) is 0 Å². The summed E-state index contributed by atoms with van der Waals surface area (Å²) in [5.74, 6) is 0.729. The Morgan fingerprint density at radius 1 is 1.00 bits per heavy atom. The number of aromatic nitrogens is 1. The van der Waals surface area contributed by atoms with Gasteiger partial charge in [-0.05, 0) is 17.7 Å². The molecule has 1 aromatic carbocycles. The highest BCUT2D eigenvalue weighted by Crippen LogP contribution is 1.97. The molecule has 0 aliphatic heterocycles. The molecular weight excluding hydrogens is 429 g/mol. The molecule has 0 saturated carbocycles. The van der Waals surface area contributed by atoms with Crippen molar-refractivity contribution in [2.75, 3.05) is 20.1 Å². The number of hydrogen-bond donors (Lipinski definition) is 3. The Hall–Kier alpha value is -2.03. The molecule has 6 nitrogen and oxygen atoms in total. The van der Waals surface area contributed by atoms with Gasteiger partial charge in [0.25, 0.3) is 0 Å². The summed E-state index contributed by atoms with van der Waals surface area (Å²) in [6.45, 7) is 2.74. The molecule has 1 amide bonds. The van der Waals surface area contributed by atoms with Crippen molar-refractivity contribution < 1.29 is 4.79 Å². The van der Waals surface area contributed by atoms with Crippen LogP contribution in [0.5, 0.6) is 0 Å². The van der Waals surface area contributed by atoms with E-state index in [1.807, 2.05) is 54.9 Å². The number of aliphatic imine (C=N–C) groups is 1. The molecule has 0 radical (unpaired) electrons. The minimum Gasteiger partial charge on any atom is -0.356 e. The van der Waals surface area contributed by atoms with Gasteiger partial charge < -0.3 is 20.5 Å². The molecule has 0 unspecified atom stereocenters. The molecule has 1 aromatic heterocycles. The van der Waals surface area contributed by atoms with Crippen molar-refractivity contribution in [2.45, 2.75) is 19.5 Å². The number of amides is 1.